The number of aromatic carboxylic acids is 1. The first-order valence-corrected chi connectivity index (χ1v) is 6.69. The van der Waals surface area contributed by atoms with Gasteiger partial charge in [0.15, 0.2) is 5.69 Å². The molecule has 0 amide bonds. The van der Waals surface area contributed by atoms with Gasteiger partial charge in [0.1, 0.15) is 17.2 Å². The smallest absolute Gasteiger partial charge is 0.356 e. The number of aromatic nitrogens is 3. The lowest BCUT2D eigenvalue weighted by Crippen LogP contribution is -1.99. The van der Waals surface area contributed by atoms with Crippen molar-refractivity contribution in [3.8, 4) is 22.8 Å². The molecule has 3 rings (SSSR count). The highest BCUT2D eigenvalue weighted by molar-refractivity contribution is 6.30. The van der Waals surface area contributed by atoms with Crippen molar-refractivity contribution in [2.75, 3.05) is 0 Å². The highest BCUT2D eigenvalue weighted by Gasteiger charge is 2.15. The Balaban J connectivity index is 1.82. The summed E-state index contributed by atoms with van der Waals surface area (Å²) < 4.78 is 5.66. The van der Waals surface area contributed by atoms with E-state index in [9.17, 15) is 4.79 Å². The quantitative estimate of drug-likeness (QED) is 0.767. The van der Waals surface area contributed by atoms with E-state index in [1.165, 1.54) is 0 Å². The number of ether oxygens (including phenoxy) is 1. The Morgan fingerprint density at radius 1 is 1.05 bits per heavy atom. The van der Waals surface area contributed by atoms with Crippen LogP contribution >= 0.6 is 11.6 Å². The van der Waals surface area contributed by atoms with Gasteiger partial charge in [0, 0.05) is 10.6 Å². The maximum Gasteiger partial charge on any atom is 0.356 e. The highest BCUT2D eigenvalue weighted by atomic mass is 35.5. The van der Waals surface area contributed by atoms with E-state index in [4.69, 9.17) is 21.4 Å². The van der Waals surface area contributed by atoms with Crippen molar-refractivity contribution in [3.63, 3.8) is 0 Å². The third-order valence-corrected chi connectivity index (χ3v) is 3.19. The summed E-state index contributed by atoms with van der Waals surface area (Å²) >= 11 is 5.81. The Morgan fingerprint density at radius 2 is 1.64 bits per heavy atom. The molecule has 0 unspecified atom stereocenters. The zero-order valence-electron chi connectivity index (χ0n) is 11.2. The van der Waals surface area contributed by atoms with Crippen molar-refractivity contribution in [1.29, 1.82) is 0 Å². The topological polar surface area (TPSA) is 88.1 Å². The molecule has 0 aliphatic rings. The van der Waals surface area contributed by atoms with E-state index in [0.29, 0.717) is 22.1 Å². The Morgan fingerprint density at radius 3 is 2.23 bits per heavy atom. The first-order chi connectivity index (χ1) is 10.6. The van der Waals surface area contributed by atoms with Gasteiger partial charge in [-0.15, -0.1) is 5.10 Å². The molecule has 0 fully saturated rings. The lowest BCUT2D eigenvalue weighted by molar-refractivity contribution is 0.0691. The predicted molar refractivity (Wildman–Crippen MR) is 80.3 cm³/mol. The van der Waals surface area contributed by atoms with E-state index in [0.717, 1.165) is 0 Å². The van der Waals surface area contributed by atoms with Crippen LogP contribution in [0.15, 0.2) is 48.5 Å². The number of halogens is 1. The summed E-state index contributed by atoms with van der Waals surface area (Å²) in [5, 5.41) is 19.3. The van der Waals surface area contributed by atoms with Crippen LogP contribution in [0, 0.1) is 0 Å². The number of H-pyrrole nitrogens is 1. The summed E-state index contributed by atoms with van der Waals surface area (Å²) in [6.07, 6.45) is 0. The van der Waals surface area contributed by atoms with Gasteiger partial charge in [0.2, 0.25) is 0 Å². The fourth-order valence-corrected chi connectivity index (χ4v) is 2.02. The van der Waals surface area contributed by atoms with E-state index in [2.05, 4.69) is 15.4 Å². The standard InChI is InChI=1S/C15H10ClN3O3/c16-10-3-7-12(8-4-10)22-11-5-1-9(2-6-11)13-14(15(20)21)18-19-17-13/h1-8H,(H,20,21)(H,17,18,19). The zero-order valence-corrected chi connectivity index (χ0v) is 11.9. The average molecular weight is 316 g/mol. The van der Waals surface area contributed by atoms with E-state index >= 15 is 0 Å². The molecular weight excluding hydrogens is 306 g/mol. The Kier molecular flexibility index (Phi) is 3.76. The van der Waals surface area contributed by atoms with Gasteiger partial charge in [0.25, 0.3) is 0 Å². The minimum Gasteiger partial charge on any atom is -0.476 e. The third kappa shape index (κ3) is 2.91. The van der Waals surface area contributed by atoms with Crippen LogP contribution in [0.2, 0.25) is 5.02 Å². The molecule has 6 nitrogen and oxygen atoms in total. The summed E-state index contributed by atoms with van der Waals surface area (Å²) in [4.78, 5) is 11.0. The highest BCUT2D eigenvalue weighted by Crippen LogP contribution is 2.26. The first kappa shape index (κ1) is 14.1. The monoisotopic (exact) mass is 315 g/mol. The second-order valence-corrected chi connectivity index (χ2v) is 4.86. The number of nitrogens with zero attached hydrogens (tertiary/aromatic N) is 2. The summed E-state index contributed by atoms with van der Waals surface area (Å²) in [6, 6.07) is 13.9. The van der Waals surface area contributed by atoms with Crippen molar-refractivity contribution in [2.24, 2.45) is 0 Å². The number of hydrogen-bond donors (Lipinski definition) is 2. The second kappa shape index (κ2) is 5.87. The number of rotatable bonds is 4. The summed E-state index contributed by atoms with van der Waals surface area (Å²) in [6.45, 7) is 0. The molecule has 0 radical (unpaired) electrons. The van der Waals surface area contributed by atoms with E-state index in [-0.39, 0.29) is 11.4 Å². The lowest BCUT2D eigenvalue weighted by atomic mass is 10.1. The molecule has 22 heavy (non-hydrogen) atoms. The third-order valence-electron chi connectivity index (χ3n) is 2.94. The van der Waals surface area contributed by atoms with Crippen molar-refractivity contribution in [1.82, 2.24) is 15.4 Å². The van der Waals surface area contributed by atoms with Gasteiger partial charge in [-0.3, -0.25) is 5.10 Å². The van der Waals surface area contributed by atoms with Crippen LogP contribution < -0.4 is 4.74 Å². The summed E-state index contributed by atoms with van der Waals surface area (Å²) in [5.74, 6) is 0.165. The maximum atomic E-state index is 11.0. The van der Waals surface area contributed by atoms with Gasteiger partial charge < -0.3 is 9.84 Å². The Hall–Kier alpha value is -2.86. The molecule has 0 bridgehead atoms. The summed E-state index contributed by atoms with van der Waals surface area (Å²) in [7, 11) is 0. The normalized spacial score (nSPS) is 10.4. The number of nitrogens with one attached hydrogen (secondary N) is 1. The van der Waals surface area contributed by atoms with Crippen LogP contribution in [-0.4, -0.2) is 26.5 Å². The van der Waals surface area contributed by atoms with Gasteiger partial charge in [0.05, 0.1) is 0 Å². The van der Waals surface area contributed by atoms with Crippen molar-refractivity contribution < 1.29 is 14.6 Å². The Labute approximate surface area is 130 Å². The molecule has 1 aromatic heterocycles. The number of carboxylic acid groups (broad SMARTS) is 1. The van der Waals surface area contributed by atoms with Gasteiger partial charge in [-0.1, -0.05) is 16.8 Å². The van der Waals surface area contributed by atoms with Gasteiger partial charge in [-0.2, -0.15) is 0 Å². The molecule has 0 aliphatic heterocycles. The first-order valence-electron chi connectivity index (χ1n) is 6.31. The van der Waals surface area contributed by atoms with Crippen molar-refractivity contribution in [3.05, 3.63) is 59.2 Å². The molecule has 3 aromatic rings. The van der Waals surface area contributed by atoms with Crippen LogP contribution in [0.5, 0.6) is 11.5 Å². The molecule has 1 heterocycles. The number of benzene rings is 2. The van der Waals surface area contributed by atoms with Gasteiger partial charge in [-0.25, -0.2) is 4.79 Å². The number of aromatic amines is 1. The lowest BCUT2D eigenvalue weighted by Gasteiger charge is -2.06. The maximum absolute atomic E-state index is 11.0. The minimum absolute atomic E-state index is 0.0497. The van der Waals surface area contributed by atoms with Crippen LogP contribution in [0.4, 0.5) is 0 Å². The molecule has 2 N–H and O–H groups in total. The molecule has 0 saturated carbocycles. The largest absolute Gasteiger partial charge is 0.476 e. The van der Waals surface area contributed by atoms with E-state index in [1.54, 1.807) is 48.5 Å². The predicted octanol–water partition coefficient (Wildman–Crippen LogP) is 3.62. The van der Waals surface area contributed by atoms with Crippen LogP contribution in [0.25, 0.3) is 11.3 Å². The van der Waals surface area contributed by atoms with Crippen LogP contribution in [0.3, 0.4) is 0 Å². The molecule has 0 aliphatic carbocycles. The molecular formula is C15H10ClN3O3. The molecule has 0 saturated heterocycles. The van der Waals surface area contributed by atoms with E-state index in [1.807, 2.05) is 0 Å². The molecule has 0 atom stereocenters. The molecule has 2 aromatic carbocycles. The van der Waals surface area contributed by atoms with Crippen LogP contribution in [0.1, 0.15) is 10.5 Å². The fourth-order valence-electron chi connectivity index (χ4n) is 1.90. The van der Waals surface area contributed by atoms with E-state index < -0.39 is 5.97 Å². The SMILES string of the molecule is O=C(O)c1[nH]nnc1-c1ccc(Oc2ccc(Cl)cc2)cc1. The van der Waals surface area contributed by atoms with Crippen molar-refractivity contribution in [2.45, 2.75) is 0 Å². The number of carboxylic acids is 1. The number of carbonyl (C=O) groups is 1. The minimum atomic E-state index is -1.11. The molecule has 7 heteroatoms. The van der Waals surface area contributed by atoms with Gasteiger partial charge in [-0.05, 0) is 48.5 Å². The van der Waals surface area contributed by atoms with Crippen molar-refractivity contribution >= 4 is 17.6 Å². The summed E-state index contributed by atoms with van der Waals surface area (Å²) in [5.41, 5.74) is 0.867. The Bertz CT molecular complexity index is 798. The molecule has 0 spiro atoms. The van der Waals surface area contributed by atoms with Gasteiger partial charge >= 0.3 is 5.97 Å². The fraction of sp³-hybridized carbons (Fsp3) is 0. The molecule has 110 valence electrons. The van der Waals surface area contributed by atoms with Crippen LogP contribution in [-0.2, 0) is 0 Å². The average Bonchev–Trinajstić information content (AvgIpc) is 3.00. The second-order valence-electron chi connectivity index (χ2n) is 4.42. The number of hydrogen-bond acceptors (Lipinski definition) is 4. The zero-order chi connectivity index (χ0) is 15.5.